The van der Waals surface area contributed by atoms with Gasteiger partial charge in [-0.1, -0.05) is 42.5 Å². The largest absolute Gasteiger partial charge is 0.394 e. The summed E-state index contributed by atoms with van der Waals surface area (Å²) in [5.41, 5.74) is 1.24. The number of hydrogen-bond donors (Lipinski definition) is 2. The molecule has 1 unspecified atom stereocenters. The summed E-state index contributed by atoms with van der Waals surface area (Å²) >= 11 is 0. The second kappa shape index (κ2) is 6.35. The normalized spacial score (nSPS) is 18.9. The van der Waals surface area contributed by atoms with Crippen molar-refractivity contribution in [2.45, 2.75) is 12.5 Å². The van der Waals surface area contributed by atoms with Crippen molar-refractivity contribution in [3.63, 3.8) is 0 Å². The number of hydrogen-bond acceptors (Lipinski definition) is 3. The summed E-state index contributed by atoms with van der Waals surface area (Å²) in [5.74, 6) is 0. The van der Waals surface area contributed by atoms with Gasteiger partial charge in [0.1, 0.15) is 0 Å². The van der Waals surface area contributed by atoms with Crippen molar-refractivity contribution >= 4 is 10.8 Å². The van der Waals surface area contributed by atoms with Gasteiger partial charge in [-0.2, -0.15) is 0 Å². The molecule has 1 saturated heterocycles. The number of rotatable bonds is 3. The van der Waals surface area contributed by atoms with E-state index in [4.69, 9.17) is 0 Å². The zero-order chi connectivity index (χ0) is 13.8. The molecule has 2 aromatic rings. The Hall–Kier alpha value is -1.42. The van der Waals surface area contributed by atoms with Crippen molar-refractivity contribution in [2.75, 3.05) is 32.8 Å². The molecule has 20 heavy (non-hydrogen) atoms. The Morgan fingerprint density at radius 1 is 1.05 bits per heavy atom. The highest BCUT2D eigenvalue weighted by atomic mass is 16.3. The van der Waals surface area contributed by atoms with Gasteiger partial charge in [-0.05, 0) is 29.3 Å². The fraction of sp³-hybridized carbons (Fsp3) is 0.412. The molecule has 106 valence electrons. The second-order valence-electron chi connectivity index (χ2n) is 5.41. The van der Waals surface area contributed by atoms with Crippen LogP contribution in [0.5, 0.6) is 0 Å². The van der Waals surface area contributed by atoms with E-state index in [0.29, 0.717) is 0 Å². The Kier molecular flexibility index (Phi) is 4.31. The van der Waals surface area contributed by atoms with Crippen LogP contribution in [0, 0.1) is 0 Å². The van der Waals surface area contributed by atoms with Crippen molar-refractivity contribution in [1.82, 2.24) is 10.2 Å². The Morgan fingerprint density at radius 3 is 2.80 bits per heavy atom. The number of fused-ring (bicyclic) bond motifs is 1. The quantitative estimate of drug-likeness (QED) is 0.897. The lowest BCUT2D eigenvalue weighted by molar-refractivity contribution is 0.131. The number of nitrogens with zero attached hydrogens (tertiary/aromatic N) is 1. The summed E-state index contributed by atoms with van der Waals surface area (Å²) in [6, 6.07) is 14.9. The topological polar surface area (TPSA) is 35.5 Å². The van der Waals surface area contributed by atoms with Crippen LogP contribution in [-0.4, -0.2) is 42.8 Å². The summed E-state index contributed by atoms with van der Waals surface area (Å²) in [6.07, 6.45) is 1.14. The molecule has 1 heterocycles. The van der Waals surface area contributed by atoms with Crippen LogP contribution in [0.15, 0.2) is 42.5 Å². The molecule has 3 rings (SSSR count). The van der Waals surface area contributed by atoms with Crippen LogP contribution < -0.4 is 5.32 Å². The average Bonchev–Trinajstić information content (AvgIpc) is 2.78. The number of aliphatic hydroxyl groups excluding tert-OH is 1. The third-order valence-corrected chi connectivity index (χ3v) is 4.17. The molecule has 0 radical (unpaired) electrons. The van der Waals surface area contributed by atoms with Crippen LogP contribution in [0.2, 0.25) is 0 Å². The summed E-state index contributed by atoms with van der Waals surface area (Å²) in [4.78, 5) is 2.40. The molecule has 1 aliphatic heterocycles. The fourth-order valence-electron chi connectivity index (χ4n) is 3.13. The molecule has 0 amide bonds. The van der Waals surface area contributed by atoms with E-state index in [0.717, 1.165) is 32.6 Å². The van der Waals surface area contributed by atoms with Crippen LogP contribution in [0.3, 0.4) is 0 Å². The first-order chi connectivity index (χ1) is 9.90. The number of benzene rings is 2. The standard InChI is InChI=1S/C17H22N2O/c20-13-17(19-11-4-9-18-10-12-19)16-8-3-6-14-5-1-2-7-15(14)16/h1-3,5-8,17-18,20H,4,9-13H2. The third-order valence-electron chi connectivity index (χ3n) is 4.17. The minimum Gasteiger partial charge on any atom is -0.394 e. The van der Waals surface area contributed by atoms with Gasteiger partial charge in [0, 0.05) is 19.6 Å². The van der Waals surface area contributed by atoms with Gasteiger partial charge in [-0.25, -0.2) is 0 Å². The Bertz CT molecular complexity index is 556. The van der Waals surface area contributed by atoms with Crippen molar-refractivity contribution in [1.29, 1.82) is 0 Å². The van der Waals surface area contributed by atoms with E-state index < -0.39 is 0 Å². The lowest BCUT2D eigenvalue weighted by Crippen LogP contribution is -2.34. The van der Waals surface area contributed by atoms with Gasteiger partial charge in [0.15, 0.2) is 0 Å². The van der Waals surface area contributed by atoms with Crippen LogP contribution >= 0.6 is 0 Å². The highest BCUT2D eigenvalue weighted by Gasteiger charge is 2.21. The molecule has 2 N–H and O–H groups in total. The number of aliphatic hydroxyl groups is 1. The molecular weight excluding hydrogens is 248 g/mol. The second-order valence-corrected chi connectivity index (χ2v) is 5.41. The van der Waals surface area contributed by atoms with E-state index in [2.05, 4.69) is 52.7 Å². The lowest BCUT2D eigenvalue weighted by Gasteiger charge is -2.30. The SMILES string of the molecule is OCC(c1cccc2ccccc12)N1CCCNCC1. The van der Waals surface area contributed by atoms with Gasteiger partial charge < -0.3 is 10.4 Å². The van der Waals surface area contributed by atoms with Gasteiger partial charge in [0.05, 0.1) is 12.6 Å². The van der Waals surface area contributed by atoms with E-state index in [1.165, 1.54) is 16.3 Å². The van der Waals surface area contributed by atoms with Gasteiger partial charge in [-0.15, -0.1) is 0 Å². The van der Waals surface area contributed by atoms with E-state index in [1.807, 2.05) is 0 Å². The van der Waals surface area contributed by atoms with Gasteiger partial charge >= 0.3 is 0 Å². The maximum Gasteiger partial charge on any atom is 0.0628 e. The summed E-state index contributed by atoms with van der Waals surface area (Å²) in [5, 5.41) is 15.8. The molecule has 0 bridgehead atoms. The molecule has 0 spiro atoms. The molecule has 3 nitrogen and oxygen atoms in total. The zero-order valence-electron chi connectivity index (χ0n) is 11.8. The Morgan fingerprint density at radius 2 is 1.90 bits per heavy atom. The van der Waals surface area contributed by atoms with E-state index in [1.54, 1.807) is 0 Å². The van der Waals surface area contributed by atoms with Gasteiger partial charge in [0.2, 0.25) is 0 Å². The number of nitrogens with one attached hydrogen (secondary N) is 1. The summed E-state index contributed by atoms with van der Waals surface area (Å²) in [7, 11) is 0. The Balaban J connectivity index is 1.98. The molecule has 1 aliphatic rings. The van der Waals surface area contributed by atoms with E-state index >= 15 is 0 Å². The monoisotopic (exact) mass is 270 g/mol. The molecule has 0 saturated carbocycles. The van der Waals surface area contributed by atoms with Gasteiger partial charge in [-0.3, -0.25) is 4.90 Å². The average molecular weight is 270 g/mol. The van der Waals surface area contributed by atoms with E-state index in [9.17, 15) is 5.11 Å². The molecule has 0 aromatic heterocycles. The van der Waals surface area contributed by atoms with Crippen LogP contribution in [0.1, 0.15) is 18.0 Å². The third kappa shape index (κ3) is 2.70. The fourth-order valence-corrected chi connectivity index (χ4v) is 3.13. The van der Waals surface area contributed by atoms with Crippen molar-refractivity contribution in [2.24, 2.45) is 0 Å². The van der Waals surface area contributed by atoms with Crippen LogP contribution in [0.4, 0.5) is 0 Å². The van der Waals surface area contributed by atoms with Gasteiger partial charge in [0.25, 0.3) is 0 Å². The van der Waals surface area contributed by atoms with Crippen molar-refractivity contribution < 1.29 is 5.11 Å². The smallest absolute Gasteiger partial charge is 0.0628 e. The molecular formula is C17H22N2O. The van der Waals surface area contributed by atoms with E-state index in [-0.39, 0.29) is 12.6 Å². The molecule has 1 fully saturated rings. The molecule has 3 heteroatoms. The van der Waals surface area contributed by atoms with Crippen molar-refractivity contribution in [3.8, 4) is 0 Å². The van der Waals surface area contributed by atoms with Crippen LogP contribution in [0.25, 0.3) is 10.8 Å². The first-order valence-electron chi connectivity index (χ1n) is 7.43. The highest BCUT2D eigenvalue weighted by Crippen LogP contribution is 2.28. The van der Waals surface area contributed by atoms with Crippen LogP contribution in [-0.2, 0) is 0 Å². The minimum atomic E-state index is 0.0981. The highest BCUT2D eigenvalue weighted by molar-refractivity contribution is 5.86. The maximum absolute atomic E-state index is 9.92. The first-order valence-corrected chi connectivity index (χ1v) is 7.43. The molecule has 1 atom stereocenters. The molecule has 0 aliphatic carbocycles. The predicted molar refractivity (Wildman–Crippen MR) is 82.8 cm³/mol. The lowest BCUT2D eigenvalue weighted by atomic mass is 9.98. The molecule has 2 aromatic carbocycles. The first kappa shape index (κ1) is 13.6. The minimum absolute atomic E-state index is 0.0981. The zero-order valence-corrected chi connectivity index (χ0v) is 11.8. The summed E-state index contributed by atoms with van der Waals surface area (Å²) in [6.45, 7) is 4.29. The summed E-state index contributed by atoms with van der Waals surface area (Å²) < 4.78 is 0. The Labute approximate surface area is 120 Å². The predicted octanol–water partition coefficient (Wildman–Crippen LogP) is 2.17. The maximum atomic E-state index is 9.92. The van der Waals surface area contributed by atoms with Crippen molar-refractivity contribution in [3.05, 3.63) is 48.0 Å².